The van der Waals surface area contributed by atoms with Crippen LogP contribution < -0.4 is 4.74 Å². The summed E-state index contributed by atoms with van der Waals surface area (Å²) in [6.45, 7) is 6.85. The molecular weight excluding hydrogens is 366 g/mol. The predicted molar refractivity (Wildman–Crippen MR) is 116 cm³/mol. The standard InChI is InChI=1S/C24H29NO4/c1-5-15-29-25-23(7-3)18-12-10-13-20(16-18)28-17-19-11-8-9-14-22(19)21(6-2)24(26)27-4/h6,8-14,16H,5,7,15,17H2,1-4H3/b21-6?,25-23-. The Bertz CT molecular complexity index is 871. The average molecular weight is 395 g/mol. The van der Waals surface area contributed by atoms with Crippen molar-refractivity contribution in [2.75, 3.05) is 13.7 Å². The molecule has 0 heterocycles. The summed E-state index contributed by atoms with van der Waals surface area (Å²) in [6.07, 6.45) is 3.44. The van der Waals surface area contributed by atoms with Crippen molar-refractivity contribution in [3.63, 3.8) is 0 Å². The zero-order chi connectivity index (χ0) is 21.1. The van der Waals surface area contributed by atoms with Gasteiger partial charge in [-0.3, -0.25) is 0 Å². The molecule has 0 saturated carbocycles. The zero-order valence-electron chi connectivity index (χ0n) is 17.6. The summed E-state index contributed by atoms with van der Waals surface area (Å²) >= 11 is 0. The SMILES string of the molecule is CC=C(C(=O)OC)c1ccccc1COc1cccc(/C(CC)=N\OCCC)c1. The van der Waals surface area contributed by atoms with Crippen molar-refractivity contribution in [1.29, 1.82) is 0 Å². The third kappa shape index (κ3) is 6.21. The molecule has 0 aliphatic carbocycles. The van der Waals surface area contributed by atoms with Crippen molar-refractivity contribution in [3.8, 4) is 5.75 Å². The molecule has 0 atom stereocenters. The Morgan fingerprint density at radius 2 is 1.90 bits per heavy atom. The summed E-state index contributed by atoms with van der Waals surface area (Å²) < 4.78 is 10.9. The van der Waals surface area contributed by atoms with Crippen LogP contribution in [0.15, 0.2) is 59.8 Å². The minimum absolute atomic E-state index is 0.332. The Hall–Kier alpha value is -3.08. The lowest BCUT2D eigenvalue weighted by Crippen LogP contribution is -2.08. The van der Waals surface area contributed by atoms with Gasteiger partial charge in [-0.2, -0.15) is 0 Å². The summed E-state index contributed by atoms with van der Waals surface area (Å²) in [5.74, 6) is 0.367. The molecule has 5 heteroatoms. The van der Waals surface area contributed by atoms with Gasteiger partial charge >= 0.3 is 5.97 Å². The number of allylic oxidation sites excluding steroid dienone is 1. The van der Waals surface area contributed by atoms with Crippen molar-refractivity contribution in [1.82, 2.24) is 0 Å². The molecule has 2 aromatic carbocycles. The topological polar surface area (TPSA) is 57.1 Å². The van der Waals surface area contributed by atoms with Crippen molar-refractivity contribution in [2.24, 2.45) is 5.16 Å². The Morgan fingerprint density at radius 1 is 1.10 bits per heavy atom. The summed E-state index contributed by atoms with van der Waals surface area (Å²) in [4.78, 5) is 17.4. The largest absolute Gasteiger partial charge is 0.489 e. The number of oxime groups is 1. The number of esters is 1. The van der Waals surface area contributed by atoms with Gasteiger partial charge in [0.25, 0.3) is 0 Å². The number of ether oxygens (including phenoxy) is 2. The molecule has 5 nitrogen and oxygen atoms in total. The van der Waals surface area contributed by atoms with E-state index >= 15 is 0 Å². The highest BCUT2D eigenvalue weighted by Gasteiger charge is 2.15. The molecule has 0 saturated heterocycles. The predicted octanol–water partition coefficient (Wildman–Crippen LogP) is 5.38. The fourth-order valence-corrected chi connectivity index (χ4v) is 2.86. The lowest BCUT2D eigenvalue weighted by molar-refractivity contribution is -0.133. The van der Waals surface area contributed by atoms with E-state index in [4.69, 9.17) is 14.3 Å². The van der Waals surface area contributed by atoms with E-state index in [2.05, 4.69) is 5.16 Å². The van der Waals surface area contributed by atoms with Crippen LogP contribution in [0.3, 0.4) is 0 Å². The summed E-state index contributed by atoms with van der Waals surface area (Å²) in [7, 11) is 1.38. The first-order valence-electron chi connectivity index (χ1n) is 9.89. The van der Waals surface area contributed by atoms with E-state index in [0.717, 1.165) is 41.0 Å². The van der Waals surface area contributed by atoms with Crippen LogP contribution in [0.2, 0.25) is 0 Å². The summed E-state index contributed by atoms with van der Waals surface area (Å²) in [5, 5.41) is 4.24. The van der Waals surface area contributed by atoms with Gasteiger partial charge in [0.05, 0.1) is 18.4 Å². The highest BCUT2D eigenvalue weighted by atomic mass is 16.6. The smallest absolute Gasteiger partial charge is 0.338 e. The maximum atomic E-state index is 12.1. The lowest BCUT2D eigenvalue weighted by Gasteiger charge is -2.13. The number of hydrogen-bond acceptors (Lipinski definition) is 5. The van der Waals surface area contributed by atoms with Crippen LogP contribution >= 0.6 is 0 Å². The molecule has 154 valence electrons. The minimum Gasteiger partial charge on any atom is -0.489 e. The number of carbonyl (C=O) groups excluding carboxylic acids is 1. The van der Waals surface area contributed by atoms with Crippen LogP contribution in [-0.2, 0) is 21.0 Å². The van der Waals surface area contributed by atoms with Gasteiger partial charge in [0.1, 0.15) is 19.0 Å². The van der Waals surface area contributed by atoms with Crippen molar-refractivity contribution < 1.29 is 19.1 Å². The van der Waals surface area contributed by atoms with Gasteiger partial charge in [0.2, 0.25) is 0 Å². The van der Waals surface area contributed by atoms with Gasteiger partial charge in [-0.25, -0.2) is 4.79 Å². The van der Waals surface area contributed by atoms with Crippen LogP contribution in [0, 0.1) is 0 Å². The molecule has 0 fully saturated rings. The van der Waals surface area contributed by atoms with Crippen molar-refractivity contribution >= 4 is 17.3 Å². The lowest BCUT2D eigenvalue weighted by atomic mass is 10.00. The van der Waals surface area contributed by atoms with Crippen LogP contribution in [0.25, 0.3) is 5.57 Å². The maximum Gasteiger partial charge on any atom is 0.338 e. The number of hydrogen-bond donors (Lipinski definition) is 0. The first-order chi connectivity index (χ1) is 14.1. The van der Waals surface area contributed by atoms with Gasteiger partial charge in [0, 0.05) is 5.56 Å². The highest BCUT2D eigenvalue weighted by Crippen LogP contribution is 2.23. The Balaban J connectivity index is 2.19. The van der Waals surface area contributed by atoms with Crippen LogP contribution in [-0.4, -0.2) is 25.4 Å². The van der Waals surface area contributed by atoms with Crippen LogP contribution in [0.5, 0.6) is 5.75 Å². The number of rotatable bonds is 10. The number of benzene rings is 2. The second kappa shape index (κ2) is 11.7. The summed E-state index contributed by atoms with van der Waals surface area (Å²) in [5.41, 5.74) is 4.09. The van der Waals surface area contributed by atoms with Crippen LogP contribution in [0.4, 0.5) is 0 Å². The van der Waals surface area contributed by atoms with Gasteiger partial charge < -0.3 is 14.3 Å². The Morgan fingerprint density at radius 3 is 2.59 bits per heavy atom. The van der Waals surface area contributed by atoms with E-state index in [1.54, 1.807) is 6.08 Å². The van der Waals surface area contributed by atoms with E-state index in [-0.39, 0.29) is 5.97 Å². The molecule has 0 N–H and O–H groups in total. The third-order valence-electron chi connectivity index (χ3n) is 4.37. The fourth-order valence-electron chi connectivity index (χ4n) is 2.86. The van der Waals surface area contributed by atoms with Crippen LogP contribution in [0.1, 0.15) is 50.3 Å². The summed E-state index contributed by atoms with van der Waals surface area (Å²) in [6, 6.07) is 15.5. The zero-order valence-corrected chi connectivity index (χ0v) is 17.6. The average Bonchev–Trinajstić information content (AvgIpc) is 2.76. The second-order valence-electron chi connectivity index (χ2n) is 6.39. The van der Waals surface area contributed by atoms with E-state index in [1.165, 1.54) is 7.11 Å². The third-order valence-corrected chi connectivity index (χ3v) is 4.37. The molecule has 0 aromatic heterocycles. The highest BCUT2D eigenvalue weighted by molar-refractivity contribution is 6.16. The van der Waals surface area contributed by atoms with E-state index in [9.17, 15) is 4.79 Å². The molecule has 2 rings (SSSR count). The molecule has 0 spiro atoms. The first kappa shape index (κ1) is 22.2. The van der Waals surface area contributed by atoms with E-state index < -0.39 is 0 Å². The number of carbonyl (C=O) groups is 1. The quantitative estimate of drug-likeness (QED) is 0.178. The van der Waals surface area contributed by atoms with Gasteiger partial charge in [-0.15, -0.1) is 0 Å². The second-order valence-corrected chi connectivity index (χ2v) is 6.39. The molecule has 0 unspecified atom stereocenters. The molecule has 0 bridgehead atoms. The number of nitrogens with zero attached hydrogens (tertiary/aromatic N) is 1. The maximum absolute atomic E-state index is 12.1. The van der Waals surface area contributed by atoms with Crippen molar-refractivity contribution in [2.45, 2.75) is 40.2 Å². The Kier molecular flexibility index (Phi) is 8.96. The molecule has 0 radical (unpaired) electrons. The van der Waals surface area contributed by atoms with Crippen molar-refractivity contribution in [3.05, 3.63) is 71.3 Å². The monoisotopic (exact) mass is 395 g/mol. The molecule has 0 amide bonds. The van der Waals surface area contributed by atoms with Gasteiger partial charge in [0.15, 0.2) is 0 Å². The Labute approximate surface area is 173 Å². The molecular formula is C24H29NO4. The van der Waals surface area contributed by atoms with E-state index in [0.29, 0.717) is 18.8 Å². The molecule has 2 aromatic rings. The van der Waals surface area contributed by atoms with E-state index in [1.807, 2.05) is 69.3 Å². The molecule has 29 heavy (non-hydrogen) atoms. The minimum atomic E-state index is -0.363. The first-order valence-corrected chi connectivity index (χ1v) is 9.89. The fraction of sp³-hybridized carbons (Fsp3) is 0.333. The normalized spacial score (nSPS) is 11.9. The molecule has 0 aliphatic rings. The molecule has 0 aliphatic heterocycles. The number of methoxy groups -OCH3 is 1. The van der Waals surface area contributed by atoms with Gasteiger partial charge in [-0.05, 0) is 43.0 Å². The van der Waals surface area contributed by atoms with Gasteiger partial charge in [-0.1, -0.05) is 61.5 Å².